The van der Waals surface area contributed by atoms with Crippen LogP contribution in [0.15, 0.2) is 24.3 Å². The van der Waals surface area contributed by atoms with E-state index in [4.69, 9.17) is 0 Å². The van der Waals surface area contributed by atoms with Crippen LogP contribution in [0.25, 0.3) is 0 Å². The number of nitrogens with zero attached hydrogens (tertiary/aromatic N) is 1. The standard InChI is InChI=1S/C18H28N2/c1-14-7-3-6-10-18(14)20(2)13-17-16-9-5-4-8-15(16)11-12-19-17/h4-5,8-9,14,17-19H,3,6-7,10-13H2,1-2H3. The number of hydrogen-bond acceptors (Lipinski definition) is 2. The van der Waals surface area contributed by atoms with Crippen molar-refractivity contribution >= 4 is 0 Å². The molecule has 1 aliphatic carbocycles. The van der Waals surface area contributed by atoms with Gasteiger partial charge in [-0.05, 0) is 49.9 Å². The molecule has 1 heterocycles. The van der Waals surface area contributed by atoms with Gasteiger partial charge in [0.05, 0.1) is 0 Å². The van der Waals surface area contributed by atoms with Gasteiger partial charge in [-0.1, -0.05) is 44.0 Å². The third-order valence-electron chi connectivity index (χ3n) is 5.32. The number of rotatable bonds is 3. The van der Waals surface area contributed by atoms with Crippen LogP contribution in [0.3, 0.4) is 0 Å². The van der Waals surface area contributed by atoms with Gasteiger partial charge in [0.2, 0.25) is 0 Å². The zero-order valence-electron chi connectivity index (χ0n) is 12.9. The summed E-state index contributed by atoms with van der Waals surface area (Å²) in [5.41, 5.74) is 3.07. The van der Waals surface area contributed by atoms with E-state index >= 15 is 0 Å². The number of nitrogens with one attached hydrogen (secondary N) is 1. The van der Waals surface area contributed by atoms with Crippen molar-refractivity contribution in [1.29, 1.82) is 0 Å². The van der Waals surface area contributed by atoms with Gasteiger partial charge in [-0.25, -0.2) is 0 Å². The second-order valence-electron chi connectivity index (χ2n) is 6.72. The van der Waals surface area contributed by atoms with Gasteiger partial charge in [0.25, 0.3) is 0 Å². The Morgan fingerprint density at radius 3 is 2.85 bits per heavy atom. The molecule has 0 radical (unpaired) electrons. The second kappa shape index (κ2) is 6.28. The minimum Gasteiger partial charge on any atom is -0.309 e. The molecule has 0 saturated heterocycles. The first-order chi connectivity index (χ1) is 9.75. The van der Waals surface area contributed by atoms with Crippen molar-refractivity contribution in [2.45, 2.75) is 51.1 Å². The van der Waals surface area contributed by atoms with Crippen LogP contribution in [0.1, 0.15) is 49.8 Å². The van der Waals surface area contributed by atoms with E-state index in [0.29, 0.717) is 6.04 Å². The normalized spacial score (nSPS) is 30.2. The summed E-state index contributed by atoms with van der Waals surface area (Å²) in [6.07, 6.45) is 6.80. The highest BCUT2D eigenvalue weighted by Gasteiger charge is 2.28. The molecular formula is C18H28N2. The highest BCUT2D eigenvalue weighted by atomic mass is 15.2. The zero-order chi connectivity index (χ0) is 13.9. The molecule has 20 heavy (non-hydrogen) atoms. The average Bonchev–Trinajstić information content (AvgIpc) is 2.48. The number of fused-ring (bicyclic) bond motifs is 1. The van der Waals surface area contributed by atoms with Gasteiger partial charge in [-0.15, -0.1) is 0 Å². The minimum absolute atomic E-state index is 0.513. The maximum Gasteiger partial charge on any atom is 0.0452 e. The molecule has 1 aliphatic heterocycles. The van der Waals surface area contributed by atoms with Gasteiger partial charge < -0.3 is 10.2 Å². The van der Waals surface area contributed by atoms with Gasteiger partial charge in [0.15, 0.2) is 0 Å². The van der Waals surface area contributed by atoms with Crippen LogP contribution in [0, 0.1) is 5.92 Å². The van der Waals surface area contributed by atoms with Crippen LogP contribution in [0.4, 0.5) is 0 Å². The van der Waals surface area contributed by atoms with Crippen molar-refractivity contribution in [3.8, 4) is 0 Å². The molecule has 2 aliphatic rings. The number of likely N-dealkylation sites (N-methyl/N-ethyl adjacent to an activating group) is 1. The summed E-state index contributed by atoms with van der Waals surface area (Å²) in [5, 5.41) is 3.72. The third kappa shape index (κ3) is 2.91. The topological polar surface area (TPSA) is 15.3 Å². The molecule has 1 saturated carbocycles. The first-order valence-electron chi connectivity index (χ1n) is 8.27. The Balaban J connectivity index is 1.69. The molecule has 0 aromatic heterocycles. The summed E-state index contributed by atoms with van der Waals surface area (Å²) in [5.74, 6) is 0.854. The van der Waals surface area contributed by atoms with E-state index in [9.17, 15) is 0 Å². The third-order valence-corrected chi connectivity index (χ3v) is 5.32. The molecule has 3 rings (SSSR count). The highest BCUT2D eigenvalue weighted by Crippen LogP contribution is 2.30. The molecule has 3 unspecified atom stereocenters. The Morgan fingerprint density at radius 1 is 1.20 bits per heavy atom. The van der Waals surface area contributed by atoms with E-state index in [1.165, 1.54) is 37.7 Å². The Morgan fingerprint density at radius 2 is 2.00 bits per heavy atom. The molecule has 0 bridgehead atoms. The van der Waals surface area contributed by atoms with E-state index in [1.54, 1.807) is 5.56 Å². The van der Waals surface area contributed by atoms with E-state index < -0.39 is 0 Å². The average molecular weight is 272 g/mol. The van der Waals surface area contributed by atoms with E-state index in [0.717, 1.165) is 25.0 Å². The van der Waals surface area contributed by atoms with Crippen LogP contribution in [-0.2, 0) is 6.42 Å². The Kier molecular flexibility index (Phi) is 4.42. The highest BCUT2D eigenvalue weighted by molar-refractivity contribution is 5.32. The molecule has 1 fully saturated rings. The van der Waals surface area contributed by atoms with Crippen LogP contribution in [0.2, 0.25) is 0 Å². The molecule has 1 N–H and O–H groups in total. The molecule has 1 aromatic rings. The fourth-order valence-electron chi connectivity index (χ4n) is 4.13. The predicted octanol–water partition coefficient (Wildman–Crippen LogP) is 3.38. The van der Waals surface area contributed by atoms with E-state index in [1.807, 2.05) is 0 Å². The Labute approximate surface area is 123 Å². The Hall–Kier alpha value is -0.860. The lowest BCUT2D eigenvalue weighted by molar-refractivity contribution is 0.127. The van der Waals surface area contributed by atoms with Crippen LogP contribution in [-0.4, -0.2) is 31.1 Å². The SMILES string of the molecule is CC1CCCCC1N(C)CC1NCCc2ccccc21. The monoisotopic (exact) mass is 272 g/mol. The summed E-state index contributed by atoms with van der Waals surface area (Å²) >= 11 is 0. The van der Waals surface area contributed by atoms with Gasteiger partial charge in [0.1, 0.15) is 0 Å². The van der Waals surface area contributed by atoms with Crippen molar-refractivity contribution < 1.29 is 0 Å². The van der Waals surface area contributed by atoms with Crippen molar-refractivity contribution in [3.05, 3.63) is 35.4 Å². The summed E-state index contributed by atoms with van der Waals surface area (Å²) in [6, 6.07) is 10.3. The summed E-state index contributed by atoms with van der Waals surface area (Å²) < 4.78 is 0. The van der Waals surface area contributed by atoms with Crippen molar-refractivity contribution in [2.24, 2.45) is 5.92 Å². The number of benzene rings is 1. The maximum absolute atomic E-state index is 3.72. The largest absolute Gasteiger partial charge is 0.309 e. The Bertz CT molecular complexity index is 443. The van der Waals surface area contributed by atoms with Crippen molar-refractivity contribution in [1.82, 2.24) is 10.2 Å². The van der Waals surface area contributed by atoms with Gasteiger partial charge >= 0.3 is 0 Å². The molecule has 2 heteroatoms. The van der Waals surface area contributed by atoms with E-state index in [-0.39, 0.29) is 0 Å². The minimum atomic E-state index is 0.513. The van der Waals surface area contributed by atoms with Gasteiger partial charge in [-0.2, -0.15) is 0 Å². The van der Waals surface area contributed by atoms with Crippen LogP contribution in [0.5, 0.6) is 0 Å². The lowest BCUT2D eigenvalue weighted by Crippen LogP contribution is -2.44. The molecule has 110 valence electrons. The number of hydrogen-bond donors (Lipinski definition) is 1. The molecule has 0 spiro atoms. The molecule has 0 amide bonds. The van der Waals surface area contributed by atoms with Crippen molar-refractivity contribution in [2.75, 3.05) is 20.1 Å². The molecule has 3 atom stereocenters. The molecule has 1 aromatic carbocycles. The molecular weight excluding hydrogens is 244 g/mol. The second-order valence-corrected chi connectivity index (χ2v) is 6.72. The summed E-state index contributed by atoms with van der Waals surface area (Å²) in [4.78, 5) is 2.61. The predicted molar refractivity (Wildman–Crippen MR) is 84.9 cm³/mol. The summed E-state index contributed by atoms with van der Waals surface area (Å²) in [7, 11) is 2.32. The van der Waals surface area contributed by atoms with Crippen LogP contribution >= 0.6 is 0 Å². The lowest BCUT2D eigenvalue weighted by atomic mass is 9.84. The lowest BCUT2D eigenvalue weighted by Gasteiger charge is -2.39. The zero-order valence-corrected chi connectivity index (χ0v) is 12.9. The first kappa shape index (κ1) is 14.1. The first-order valence-corrected chi connectivity index (χ1v) is 8.27. The smallest absolute Gasteiger partial charge is 0.0452 e. The fraction of sp³-hybridized carbons (Fsp3) is 0.667. The van der Waals surface area contributed by atoms with Crippen molar-refractivity contribution in [3.63, 3.8) is 0 Å². The maximum atomic E-state index is 3.72. The fourth-order valence-corrected chi connectivity index (χ4v) is 4.13. The molecule has 2 nitrogen and oxygen atoms in total. The van der Waals surface area contributed by atoms with Gasteiger partial charge in [0, 0.05) is 18.6 Å². The van der Waals surface area contributed by atoms with E-state index in [2.05, 4.69) is 48.5 Å². The van der Waals surface area contributed by atoms with Crippen LogP contribution < -0.4 is 5.32 Å². The quantitative estimate of drug-likeness (QED) is 0.907. The van der Waals surface area contributed by atoms with Gasteiger partial charge in [-0.3, -0.25) is 0 Å². The summed E-state index contributed by atoms with van der Waals surface area (Å²) in [6.45, 7) is 4.70.